The molecule has 0 radical (unpaired) electrons. The summed E-state index contributed by atoms with van der Waals surface area (Å²) in [4.78, 5) is 4.37. The fourth-order valence-corrected chi connectivity index (χ4v) is 1.94. The lowest BCUT2D eigenvalue weighted by atomic mass is 10.1. The molecule has 0 saturated carbocycles. The third-order valence-electron chi connectivity index (χ3n) is 2.90. The van der Waals surface area contributed by atoms with Gasteiger partial charge in [-0.1, -0.05) is 12.1 Å². The largest absolute Gasteiger partial charge is 0.396 e. The molecule has 2 aromatic rings. The SMILES string of the molecule is Cc1ccc(N)c(NC(C)Cc2ccc(F)cc2)n1. The number of benzene rings is 1. The van der Waals surface area contributed by atoms with E-state index in [1.165, 1.54) is 12.1 Å². The average Bonchev–Trinajstić information content (AvgIpc) is 2.37. The van der Waals surface area contributed by atoms with E-state index in [1.54, 1.807) is 12.1 Å². The summed E-state index contributed by atoms with van der Waals surface area (Å²) in [7, 11) is 0. The van der Waals surface area contributed by atoms with Crippen LogP contribution in [0, 0.1) is 12.7 Å². The number of hydrogen-bond donors (Lipinski definition) is 2. The van der Waals surface area contributed by atoms with Crippen LogP contribution in [0.25, 0.3) is 0 Å². The third-order valence-corrected chi connectivity index (χ3v) is 2.90. The van der Waals surface area contributed by atoms with Crippen molar-refractivity contribution in [2.45, 2.75) is 26.3 Å². The molecule has 3 N–H and O–H groups in total. The Kier molecular flexibility index (Phi) is 4.00. The van der Waals surface area contributed by atoms with Crippen molar-refractivity contribution >= 4 is 11.5 Å². The maximum absolute atomic E-state index is 12.8. The highest BCUT2D eigenvalue weighted by Gasteiger charge is 2.07. The third kappa shape index (κ3) is 3.68. The summed E-state index contributed by atoms with van der Waals surface area (Å²) in [6.07, 6.45) is 0.787. The molecule has 0 bridgehead atoms. The van der Waals surface area contributed by atoms with E-state index in [9.17, 15) is 4.39 Å². The number of anilines is 2. The van der Waals surface area contributed by atoms with Crippen molar-refractivity contribution in [3.63, 3.8) is 0 Å². The van der Waals surface area contributed by atoms with E-state index < -0.39 is 0 Å². The second-order valence-corrected chi connectivity index (χ2v) is 4.77. The van der Waals surface area contributed by atoms with Crippen LogP contribution < -0.4 is 11.1 Å². The number of nitrogens with zero attached hydrogens (tertiary/aromatic N) is 1. The molecule has 0 aliphatic rings. The van der Waals surface area contributed by atoms with E-state index in [2.05, 4.69) is 10.3 Å². The summed E-state index contributed by atoms with van der Waals surface area (Å²) >= 11 is 0. The van der Waals surface area contributed by atoms with Gasteiger partial charge in [0.25, 0.3) is 0 Å². The van der Waals surface area contributed by atoms with Gasteiger partial charge in [-0.3, -0.25) is 0 Å². The van der Waals surface area contributed by atoms with E-state index in [0.717, 1.165) is 17.7 Å². The molecule has 19 heavy (non-hydrogen) atoms. The van der Waals surface area contributed by atoms with Gasteiger partial charge >= 0.3 is 0 Å². The molecule has 0 aliphatic heterocycles. The molecular weight excluding hydrogens is 241 g/mol. The molecular formula is C15H18FN3. The van der Waals surface area contributed by atoms with Gasteiger partial charge in [0.2, 0.25) is 0 Å². The van der Waals surface area contributed by atoms with E-state index >= 15 is 0 Å². The smallest absolute Gasteiger partial charge is 0.149 e. The Bertz CT molecular complexity index is 552. The van der Waals surface area contributed by atoms with E-state index in [4.69, 9.17) is 5.73 Å². The molecule has 0 fully saturated rings. The zero-order valence-corrected chi connectivity index (χ0v) is 11.2. The second kappa shape index (κ2) is 5.69. The van der Waals surface area contributed by atoms with E-state index in [1.807, 2.05) is 26.0 Å². The number of nitrogens with two attached hydrogens (primary N) is 1. The van der Waals surface area contributed by atoms with Gasteiger partial charge in [-0.05, 0) is 50.1 Å². The number of halogens is 1. The molecule has 1 aromatic carbocycles. The fourth-order valence-electron chi connectivity index (χ4n) is 1.94. The Labute approximate surface area is 112 Å². The molecule has 1 atom stereocenters. The molecule has 0 spiro atoms. The van der Waals surface area contributed by atoms with Crippen LogP contribution >= 0.6 is 0 Å². The first kappa shape index (κ1) is 13.3. The van der Waals surface area contributed by atoms with E-state index in [0.29, 0.717) is 11.5 Å². The van der Waals surface area contributed by atoms with Crippen molar-refractivity contribution in [2.75, 3.05) is 11.1 Å². The molecule has 0 amide bonds. The molecule has 3 nitrogen and oxygen atoms in total. The number of aryl methyl sites for hydroxylation is 1. The number of nitrogens with one attached hydrogen (secondary N) is 1. The van der Waals surface area contributed by atoms with Crippen molar-refractivity contribution in [3.8, 4) is 0 Å². The van der Waals surface area contributed by atoms with Crippen LogP contribution in [0.15, 0.2) is 36.4 Å². The standard InChI is InChI=1S/C15H18FN3/c1-10-3-8-14(17)15(18-10)19-11(2)9-12-4-6-13(16)7-5-12/h3-8,11H,9,17H2,1-2H3,(H,18,19). The van der Waals surface area contributed by atoms with Crippen molar-refractivity contribution in [2.24, 2.45) is 0 Å². The maximum Gasteiger partial charge on any atom is 0.149 e. The molecule has 1 heterocycles. The van der Waals surface area contributed by atoms with Gasteiger partial charge in [0.1, 0.15) is 11.6 Å². The molecule has 0 aliphatic carbocycles. The molecule has 1 unspecified atom stereocenters. The predicted molar refractivity (Wildman–Crippen MR) is 76.6 cm³/mol. The van der Waals surface area contributed by atoms with Crippen molar-refractivity contribution in [1.82, 2.24) is 4.98 Å². The zero-order chi connectivity index (χ0) is 13.8. The summed E-state index contributed by atoms with van der Waals surface area (Å²) < 4.78 is 12.8. The van der Waals surface area contributed by atoms with Crippen LogP contribution in [0.3, 0.4) is 0 Å². The molecule has 1 aromatic heterocycles. The van der Waals surface area contributed by atoms with Crippen LogP contribution in [0.1, 0.15) is 18.2 Å². The highest BCUT2D eigenvalue weighted by molar-refractivity contribution is 5.61. The Morgan fingerprint density at radius 2 is 1.89 bits per heavy atom. The Morgan fingerprint density at radius 3 is 2.58 bits per heavy atom. The predicted octanol–water partition coefficient (Wildman–Crippen LogP) is 3.15. The van der Waals surface area contributed by atoms with Gasteiger partial charge in [-0.2, -0.15) is 0 Å². The molecule has 0 saturated heterocycles. The first-order chi connectivity index (χ1) is 9.04. The number of hydrogen-bond acceptors (Lipinski definition) is 3. The summed E-state index contributed by atoms with van der Waals surface area (Å²) in [5.41, 5.74) is 8.51. The monoisotopic (exact) mass is 259 g/mol. The first-order valence-electron chi connectivity index (χ1n) is 6.28. The minimum Gasteiger partial charge on any atom is -0.396 e. The highest BCUT2D eigenvalue weighted by Crippen LogP contribution is 2.17. The summed E-state index contributed by atoms with van der Waals surface area (Å²) in [5, 5.41) is 3.28. The Morgan fingerprint density at radius 1 is 1.21 bits per heavy atom. The van der Waals surface area contributed by atoms with Gasteiger partial charge in [0.05, 0.1) is 5.69 Å². The number of rotatable bonds is 4. The topological polar surface area (TPSA) is 50.9 Å². The minimum atomic E-state index is -0.214. The molecule has 2 rings (SSSR count). The normalized spacial score (nSPS) is 12.2. The average molecular weight is 259 g/mol. The fraction of sp³-hybridized carbons (Fsp3) is 0.267. The zero-order valence-electron chi connectivity index (χ0n) is 11.2. The Hall–Kier alpha value is -2.10. The lowest BCUT2D eigenvalue weighted by Crippen LogP contribution is -2.20. The first-order valence-corrected chi connectivity index (χ1v) is 6.28. The lowest BCUT2D eigenvalue weighted by Gasteiger charge is -2.16. The van der Waals surface area contributed by atoms with Gasteiger partial charge < -0.3 is 11.1 Å². The van der Waals surface area contributed by atoms with Gasteiger partial charge in [-0.15, -0.1) is 0 Å². The maximum atomic E-state index is 12.8. The highest BCUT2D eigenvalue weighted by atomic mass is 19.1. The van der Waals surface area contributed by atoms with Crippen molar-refractivity contribution in [3.05, 3.63) is 53.5 Å². The number of aromatic nitrogens is 1. The van der Waals surface area contributed by atoms with Gasteiger partial charge in [0.15, 0.2) is 0 Å². The molecule has 100 valence electrons. The summed E-state index contributed by atoms with van der Waals surface area (Å²) in [5.74, 6) is 0.489. The second-order valence-electron chi connectivity index (χ2n) is 4.77. The van der Waals surface area contributed by atoms with Crippen molar-refractivity contribution < 1.29 is 4.39 Å². The number of pyridine rings is 1. The minimum absolute atomic E-state index is 0.169. The van der Waals surface area contributed by atoms with Crippen molar-refractivity contribution in [1.29, 1.82) is 0 Å². The lowest BCUT2D eigenvalue weighted by molar-refractivity contribution is 0.626. The Balaban J connectivity index is 2.02. The molecule has 4 heteroatoms. The summed E-state index contributed by atoms with van der Waals surface area (Å²) in [6, 6.07) is 10.4. The summed E-state index contributed by atoms with van der Waals surface area (Å²) in [6.45, 7) is 3.97. The van der Waals surface area contributed by atoms with Crippen LogP contribution in [0.5, 0.6) is 0 Å². The van der Waals surface area contributed by atoms with Crippen LogP contribution in [-0.2, 0) is 6.42 Å². The van der Waals surface area contributed by atoms with Crippen LogP contribution in [0.4, 0.5) is 15.9 Å². The van der Waals surface area contributed by atoms with E-state index in [-0.39, 0.29) is 11.9 Å². The quantitative estimate of drug-likeness (QED) is 0.886. The van der Waals surface area contributed by atoms with Crippen LogP contribution in [-0.4, -0.2) is 11.0 Å². The van der Waals surface area contributed by atoms with Crippen LogP contribution in [0.2, 0.25) is 0 Å². The van der Waals surface area contributed by atoms with Gasteiger partial charge in [0, 0.05) is 11.7 Å². The number of nitrogen functional groups attached to an aromatic ring is 1. The van der Waals surface area contributed by atoms with Gasteiger partial charge in [-0.25, -0.2) is 9.37 Å².